The first kappa shape index (κ1) is 12.9. The largest absolute Gasteiger partial charge is 0.492 e. The highest BCUT2D eigenvalue weighted by atomic mass is 16.5. The van der Waals surface area contributed by atoms with E-state index in [1.807, 2.05) is 36.4 Å². The molecule has 3 nitrogen and oxygen atoms in total. The fraction of sp³-hybridized carbons (Fsp3) is 0.333. The summed E-state index contributed by atoms with van der Waals surface area (Å²) in [7, 11) is 0. The van der Waals surface area contributed by atoms with Crippen molar-refractivity contribution in [2.75, 3.05) is 13.2 Å². The molecular formula is C15H18O3. The minimum Gasteiger partial charge on any atom is -0.492 e. The van der Waals surface area contributed by atoms with Crippen LogP contribution in [0, 0.1) is 0 Å². The van der Waals surface area contributed by atoms with Crippen LogP contribution in [0.3, 0.4) is 0 Å². The first-order valence-corrected chi connectivity index (χ1v) is 6.17. The molecule has 0 saturated carbocycles. The Morgan fingerprint density at radius 2 is 1.94 bits per heavy atom. The Hall–Kier alpha value is -1.58. The fourth-order valence-electron chi connectivity index (χ4n) is 1.99. The van der Waals surface area contributed by atoms with Crippen molar-refractivity contribution in [2.24, 2.45) is 0 Å². The second-order valence-electron chi connectivity index (χ2n) is 4.31. The van der Waals surface area contributed by atoms with Crippen LogP contribution in [0.4, 0.5) is 0 Å². The zero-order valence-corrected chi connectivity index (χ0v) is 10.5. The van der Waals surface area contributed by atoms with Gasteiger partial charge in [-0.1, -0.05) is 36.4 Å². The molecule has 0 unspecified atom stereocenters. The van der Waals surface area contributed by atoms with Crippen molar-refractivity contribution in [3.05, 3.63) is 42.0 Å². The van der Waals surface area contributed by atoms with Gasteiger partial charge in [0, 0.05) is 24.0 Å². The minimum absolute atomic E-state index is 0.106. The van der Waals surface area contributed by atoms with Crippen molar-refractivity contribution in [1.29, 1.82) is 0 Å². The van der Waals surface area contributed by atoms with Gasteiger partial charge in [0.05, 0.1) is 12.7 Å². The van der Waals surface area contributed by atoms with Crippen LogP contribution in [0.5, 0.6) is 5.75 Å². The molecule has 1 atom stereocenters. The van der Waals surface area contributed by atoms with Crippen LogP contribution < -0.4 is 4.74 Å². The summed E-state index contributed by atoms with van der Waals surface area (Å²) < 4.78 is 5.73. The SMILES string of the molecule is C[C@H](O)c1ccc2ccccc2c1OCCCO. The van der Waals surface area contributed by atoms with Gasteiger partial charge in [0.25, 0.3) is 0 Å². The van der Waals surface area contributed by atoms with Gasteiger partial charge in [0.2, 0.25) is 0 Å². The molecule has 0 aromatic heterocycles. The van der Waals surface area contributed by atoms with Crippen LogP contribution in [0.25, 0.3) is 10.8 Å². The highest BCUT2D eigenvalue weighted by Crippen LogP contribution is 2.33. The van der Waals surface area contributed by atoms with Gasteiger partial charge in [-0.25, -0.2) is 0 Å². The van der Waals surface area contributed by atoms with Crippen LogP contribution in [-0.2, 0) is 0 Å². The Balaban J connectivity index is 2.45. The van der Waals surface area contributed by atoms with E-state index < -0.39 is 6.10 Å². The van der Waals surface area contributed by atoms with Crippen molar-refractivity contribution in [3.63, 3.8) is 0 Å². The molecular weight excluding hydrogens is 228 g/mol. The number of hydrogen-bond donors (Lipinski definition) is 2. The van der Waals surface area contributed by atoms with Gasteiger partial charge in [-0.15, -0.1) is 0 Å². The highest BCUT2D eigenvalue weighted by molar-refractivity contribution is 5.89. The predicted octanol–water partition coefficient (Wildman–Crippen LogP) is 2.65. The molecule has 0 amide bonds. The van der Waals surface area contributed by atoms with E-state index in [0.717, 1.165) is 22.1 Å². The molecule has 96 valence electrons. The molecule has 18 heavy (non-hydrogen) atoms. The van der Waals surface area contributed by atoms with Crippen LogP contribution in [0.2, 0.25) is 0 Å². The average Bonchev–Trinajstić information content (AvgIpc) is 2.38. The molecule has 2 aromatic carbocycles. The molecule has 0 aliphatic heterocycles. The molecule has 0 radical (unpaired) electrons. The lowest BCUT2D eigenvalue weighted by atomic mass is 10.0. The lowest BCUT2D eigenvalue weighted by Crippen LogP contribution is -2.04. The van der Waals surface area contributed by atoms with E-state index in [-0.39, 0.29) is 6.61 Å². The molecule has 2 rings (SSSR count). The number of ether oxygens (including phenoxy) is 1. The summed E-state index contributed by atoms with van der Waals surface area (Å²) in [5, 5.41) is 20.7. The normalized spacial score (nSPS) is 12.6. The second kappa shape index (κ2) is 5.85. The van der Waals surface area contributed by atoms with E-state index in [4.69, 9.17) is 9.84 Å². The molecule has 2 aromatic rings. The van der Waals surface area contributed by atoms with E-state index in [0.29, 0.717) is 13.0 Å². The lowest BCUT2D eigenvalue weighted by Gasteiger charge is -2.16. The van der Waals surface area contributed by atoms with Crippen molar-refractivity contribution < 1.29 is 14.9 Å². The zero-order chi connectivity index (χ0) is 13.0. The van der Waals surface area contributed by atoms with E-state index >= 15 is 0 Å². The zero-order valence-electron chi connectivity index (χ0n) is 10.5. The van der Waals surface area contributed by atoms with Crippen LogP contribution in [0.15, 0.2) is 36.4 Å². The Kier molecular flexibility index (Phi) is 4.18. The first-order valence-electron chi connectivity index (χ1n) is 6.17. The number of fused-ring (bicyclic) bond motifs is 1. The summed E-state index contributed by atoms with van der Waals surface area (Å²) in [5.74, 6) is 0.719. The number of hydrogen-bond acceptors (Lipinski definition) is 3. The quantitative estimate of drug-likeness (QED) is 0.797. The Morgan fingerprint density at radius 1 is 1.17 bits per heavy atom. The number of aliphatic hydroxyl groups is 2. The topological polar surface area (TPSA) is 49.7 Å². The third-order valence-electron chi connectivity index (χ3n) is 2.91. The second-order valence-corrected chi connectivity index (χ2v) is 4.31. The van der Waals surface area contributed by atoms with Gasteiger partial charge in [-0.2, -0.15) is 0 Å². The summed E-state index contributed by atoms with van der Waals surface area (Å²) in [6.45, 7) is 2.28. The van der Waals surface area contributed by atoms with Crippen molar-refractivity contribution in [2.45, 2.75) is 19.4 Å². The Bertz CT molecular complexity index is 520. The number of benzene rings is 2. The molecule has 0 bridgehead atoms. The van der Waals surface area contributed by atoms with Gasteiger partial charge >= 0.3 is 0 Å². The summed E-state index contributed by atoms with van der Waals surface area (Å²) in [4.78, 5) is 0. The molecule has 0 spiro atoms. The summed E-state index contributed by atoms with van der Waals surface area (Å²) in [6, 6.07) is 11.8. The van der Waals surface area contributed by atoms with Crippen molar-refractivity contribution in [1.82, 2.24) is 0 Å². The maximum Gasteiger partial charge on any atom is 0.132 e. The van der Waals surface area contributed by atoms with Gasteiger partial charge in [0.1, 0.15) is 5.75 Å². The van der Waals surface area contributed by atoms with Gasteiger partial charge in [-0.05, 0) is 12.3 Å². The minimum atomic E-state index is -0.571. The van der Waals surface area contributed by atoms with Gasteiger partial charge in [0.15, 0.2) is 0 Å². The molecule has 2 N–H and O–H groups in total. The molecule has 0 aliphatic rings. The Labute approximate surface area is 107 Å². The summed E-state index contributed by atoms with van der Waals surface area (Å²) in [5.41, 5.74) is 0.784. The fourth-order valence-corrected chi connectivity index (χ4v) is 1.99. The van der Waals surface area contributed by atoms with Crippen LogP contribution >= 0.6 is 0 Å². The maximum absolute atomic E-state index is 9.79. The molecule has 0 fully saturated rings. The third-order valence-corrected chi connectivity index (χ3v) is 2.91. The molecule has 3 heteroatoms. The molecule has 0 heterocycles. The van der Waals surface area contributed by atoms with E-state index in [1.54, 1.807) is 6.92 Å². The third kappa shape index (κ3) is 2.63. The standard InChI is InChI=1S/C15H18O3/c1-11(17)13-8-7-12-5-2-3-6-14(12)15(13)18-10-4-9-16/h2-3,5-8,11,16-17H,4,9-10H2,1H3/t11-/m0/s1. The Morgan fingerprint density at radius 3 is 2.67 bits per heavy atom. The van der Waals surface area contributed by atoms with Crippen molar-refractivity contribution in [3.8, 4) is 5.75 Å². The van der Waals surface area contributed by atoms with E-state index in [2.05, 4.69) is 0 Å². The van der Waals surface area contributed by atoms with Crippen molar-refractivity contribution >= 4 is 10.8 Å². The molecule has 0 aliphatic carbocycles. The smallest absolute Gasteiger partial charge is 0.132 e. The maximum atomic E-state index is 9.79. The van der Waals surface area contributed by atoms with Crippen LogP contribution in [-0.4, -0.2) is 23.4 Å². The average molecular weight is 246 g/mol. The number of aliphatic hydroxyl groups excluding tert-OH is 2. The van der Waals surface area contributed by atoms with E-state index in [9.17, 15) is 5.11 Å². The van der Waals surface area contributed by atoms with Gasteiger partial charge in [-0.3, -0.25) is 0 Å². The first-order chi connectivity index (χ1) is 8.74. The van der Waals surface area contributed by atoms with E-state index in [1.165, 1.54) is 0 Å². The lowest BCUT2D eigenvalue weighted by molar-refractivity contribution is 0.188. The monoisotopic (exact) mass is 246 g/mol. The summed E-state index contributed by atoms with van der Waals surface area (Å²) in [6.07, 6.45) is 0.0152. The summed E-state index contributed by atoms with van der Waals surface area (Å²) >= 11 is 0. The van der Waals surface area contributed by atoms with Gasteiger partial charge < -0.3 is 14.9 Å². The number of rotatable bonds is 5. The highest BCUT2D eigenvalue weighted by Gasteiger charge is 2.12. The van der Waals surface area contributed by atoms with Crippen LogP contribution in [0.1, 0.15) is 25.0 Å². The predicted molar refractivity (Wildman–Crippen MR) is 71.8 cm³/mol. The molecule has 0 saturated heterocycles.